The van der Waals surface area contributed by atoms with Crippen molar-refractivity contribution in [2.75, 3.05) is 13.7 Å². The van der Waals surface area contributed by atoms with Gasteiger partial charge in [-0.15, -0.1) is 0 Å². The van der Waals surface area contributed by atoms with E-state index in [1.54, 1.807) is 0 Å². The van der Waals surface area contributed by atoms with Crippen LogP contribution in [0.2, 0.25) is 0 Å². The second-order valence-corrected chi connectivity index (χ2v) is 6.67. The summed E-state index contributed by atoms with van der Waals surface area (Å²) in [6, 6.07) is 21.0. The predicted octanol–water partition coefficient (Wildman–Crippen LogP) is 3.22. The van der Waals surface area contributed by atoms with Gasteiger partial charge in [-0.25, -0.2) is 9.13 Å². The van der Waals surface area contributed by atoms with Gasteiger partial charge >= 0.3 is 0 Å². The fraction of sp³-hybridized carbons (Fsp3) is 0.227. The van der Waals surface area contributed by atoms with Crippen LogP contribution in [0.15, 0.2) is 91.8 Å². The maximum absolute atomic E-state index is 2.29. The number of benzene rings is 2. The van der Waals surface area contributed by atoms with E-state index in [0.717, 1.165) is 19.8 Å². The smallest absolute Gasteiger partial charge is 0.243 e. The lowest BCUT2D eigenvalue weighted by molar-refractivity contribution is -0.671. The summed E-state index contributed by atoms with van der Waals surface area (Å²) in [6.07, 6.45) is 10.4. The monoisotopic (exact) mass is 347 g/mol. The first-order chi connectivity index (χ1) is 12.7. The van der Waals surface area contributed by atoms with Crippen molar-refractivity contribution in [3.8, 4) is 0 Å². The molecule has 3 aromatic rings. The first-order valence-corrected chi connectivity index (χ1v) is 8.90. The Kier molecular flexibility index (Phi) is 6.09. The Morgan fingerprint density at radius 1 is 0.846 bits per heavy atom. The zero-order chi connectivity index (χ0) is 18.2. The minimum atomic E-state index is 0.946. The van der Waals surface area contributed by atoms with Crippen LogP contribution in [-0.2, 0) is 20.1 Å². The number of rotatable bonds is 4. The maximum atomic E-state index is 2.29. The van der Waals surface area contributed by atoms with Crippen molar-refractivity contribution in [3.63, 3.8) is 0 Å². The van der Waals surface area contributed by atoms with Gasteiger partial charge in [-0.05, 0) is 11.1 Å². The third-order valence-electron chi connectivity index (χ3n) is 4.20. The molecule has 2 aromatic carbocycles. The second-order valence-electron chi connectivity index (χ2n) is 6.67. The summed E-state index contributed by atoms with van der Waals surface area (Å²) in [4.78, 5) is 4.46. The molecule has 0 bridgehead atoms. The Morgan fingerprint density at radius 2 is 1.46 bits per heavy atom. The molecule has 0 saturated carbocycles. The van der Waals surface area contributed by atoms with E-state index in [4.69, 9.17) is 0 Å². The third-order valence-corrected chi connectivity index (χ3v) is 4.20. The fourth-order valence-electron chi connectivity index (χ4n) is 2.90. The van der Waals surface area contributed by atoms with Gasteiger partial charge in [0.1, 0.15) is 18.9 Å². The minimum Gasteiger partial charge on any atom is -0.362 e. The summed E-state index contributed by atoms with van der Waals surface area (Å²) in [5.41, 5.74) is 2.70. The Morgan fingerprint density at radius 3 is 1.96 bits per heavy atom. The molecule has 0 amide bonds. The average molecular weight is 347 g/mol. The van der Waals surface area contributed by atoms with Crippen molar-refractivity contribution >= 4 is 0 Å². The van der Waals surface area contributed by atoms with E-state index in [9.17, 15) is 0 Å². The average Bonchev–Trinajstić information content (AvgIpc) is 3.25. The SMILES string of the molecule is CN1C=CN(Cc2ccccc2)C1.C[n+]1ccn(Cc2ccccc2)c1. The van der Waals surface area contributed by atoms with Crippen molar-refractivity contribution < 1.29 is 4.57 Å². The largest absolute Gasteiger partial charge is 0.362 e. The third kappa shape index (κ3) is 5.52. The molecule has 1 aliphatic heterocycles. The van der Waals surface area contributed by atoms with Crippen LogP contribution in [0.25, 0.3) is 0 Å². The van der Waals surface area contributed by atoms with Crippen LogP contribution >= 0.6 is 0 Å². The molecule has 4 heteroatoms. The number of imidazole rings is 1. The van der Waals surface area contributed by atoms with Crippen molar-refractivity contribution in [3.05, 3.63) is 103 Å². The quantitative estimate of drug-likeness (QED) is 0.673. The van der Waals surface area contributed by atoms with Crippen LogP contribution in [0, 0.1) is 0 Å². The molecule has 4 nitrogen and oxygen atoms in total. The van der Waals surface area contributed by atoms with Crippen LogP contribution in [0.5, 0.6) is 0 Å². The highest BCUT2D eigenvalue weighted by Crippen LogP contribution is 2.09. The molecule has 0 unspecified atom stereocenters. The Hall–Kier alpha value is -3.01. The Balaban J connectivity index is 0.000000151. The molecule has 0 atom stereocenters. The van der Waals surface area contributed by atoms with Crippen molar-refractivity contribution in [2.24, 2.45) is 7.05 Å². The highest BCUT2D eigenvalue weighted by molar-refractivity contribution is 5.15. The first-order valence-electron chi connectivity index (χ1n) is 8.90. The fourth-order valence-corrected chi connectivity index (χ4v) is 2.90. The molecule has 134 valence electrons. The molecule has 1 aromatic heterocycles. The van der Waals surface area contributed by atoms with Gasteiger partial charge < -0.3 is 9.80 Å². The molecule has 1 aliphatic rings. The molecule has 0 spiro atoms. The normalized spacial score (nSPS) is 12.8. The van der Waals surface area contributed by atoms with Gasteiger partial charge in [-0.2, -0.15) is 0 Å². The van der Waals surface area contributed by atoms with Gasteiger partial charge in [-0.1, -0.05) is 60.7 Å². The number of aromatic nitrogens is 2. The topological polar surface area (TPSA) is 15.3 Å². The molecule has 0 fully saturated rings. The summed E-state index contributed by atoms with van der Waals surface area (Å²) in [5.74, 6) is 0. The molecule has 0 N–H and O–H groups in total. The molecule has 26 heavy (non-hydrogen) atoms. The van der Waals surface area contributed by atoms with Gasteiger partial charge in [0.2, 0.25) is 6.33 Å². The summed E-state index contributed by atoms with van der Waals surface area (Å²) >= 11 is 0. The first kappa shape index (κ1) is 17.8. The molecule has 4 rings (SSSR count). The Bertz CT molecular complexity index is 808. The van der Waals surface area contributed by atoms with Crippen LogP contribution in [0.3, 0.4) is 0 Å². The molecule has 2 heterocycles. The number of aryl methyl sites for hydroxylation is 1. The summed E-state index contributed by atoms with van der Waals surface area (Å²) in [6.45, 7) is 2.94. The van der Waals surface area contributed by atoms with Gasteiger partial charge in [0.05, 0.1) is 13.7 Å². The predicted molar refractivity (Wildman–Crippen MR) is 105 cm³/mol. The van der Waals surface area contributed by atoms with Crippen LogP contribution in [0.4, 0.5) is 0 Å². The number of hydrogen-bond acceptors (Lipinski definition) is 2. The van der Waals surface area contributed by atoms with E-state index in [1.807, 2.05) is 23.9 Å². The molecular formula is C22H27N4+. The van der Waals surface area contributed by atoms with Gasteiger partial charge in [0, 0.05) is 26.0 Å². The Labute approximate surface area is 156 Å². The molecule has 0 aliphatic carbocycles. The zero-order valence-electron chi connectivity index (χ0n) is 15.6. The van der Waals surface area contributed by atoms with E-state index in [1.165, 1.54) is 11.1 Å². The zero-order valence-corrected chi connectivity index (χ0v) is 15.6. The second kappa shape index (κ2) is 8.90. The van der Waals surface area contributed by atoms with Crippen LogP contribution < -0.4 is 4.57 Å². The molecule has 0 radical (unpaired) electrons. The number of nitrogens with zero attached hydrogens (tertiary/aromatic N) is 4. The lowest BCUT2D eigenvalue weighted by Crippen LogP contribution is -2.23. The van der Waals surface area contributed by atoms with Crippen LogP contribution in [-0.4, -0.2) is 28.1 Å². The van der Waals surface area contributed by atoms with E-state index >= 15 is 0 Å². The maximum Gasteiger partial charge on any atom is 0.243 e. The molecule has 0 saturated heterocycles. The van der Waals surface area contributed by atoms with Crippen LogP contribution in [0.1, 0.15) is 11.1 Å². The van der Waals surface area contributed by atoms with Gasteiger partial charge in [0.15, 0.2) is 0 Å². The number of hydrogen-bond donors (Lipinski definition) is 0. The highest BCUT2D eigenvalue weighted by atomic mass is 15.3. The lowest BCUT2D eigenvalue weighted by atomic mass is 10.2. The van der Waals surface area contributed by atoms with E-state index in [0.29, 0.717) is 0 Å². The summed E-state index contributed by atoms with van der Waals surface area (Å²) in [7, 11) is 4.11. The minimum absolute atomic E-state index is 0.946. The van der Waals surface area contributed by atoms with E-state index in [2.05, 4.69) is 101 Å². The van der Waals surface area contributed by atoms with Crippen molar-refractivity contribution in [1.29, 1.82) is 0 Å². The molecular weight excluding hydrogens is 320 g/mol. The highest BCUT2D eigenvalue weighted by Gasteiger charge is 2.07. The lowest BCUT2D eigenvalue weighted by Gasteiger charge is -2.17. The summed E-state index contributed by atoms with van der Waals surface area (Å²) < 4.78 is 4.21. The van der Waals surface area contributed by atoms with E-state index < -0.39 is 0 Å². The van der Waals surface area contributed by atoms with Crippen molar-refractivity contribution in [1.82, 2.24) is 14.4 Å². The van der Waals surface area contributed by atoms with Gasteiger partial charge in [0.25, 0.3) is 0 Å². The van der Waals surface area contributed by atoms with Crippen molar-refractivity contribution in [2.45, 2.75) is 13.1 Å². The summed E-state index contributed by atoms with van der Waals surface area (Å²) in [5, 5.41) is 0. The standard InChI is InChI=1S/C11H14N2.C11H13N2/c2*1-12-7-8-13(10-12)9-11-5-3-2-4-6-11/h2-8H,9-10H2,1H3;2-8,10H,9H2,1H3/q;+1. The van der Waals surface area contributed by atoms with Gasteiger partial charge in [-0.3, -0.25) is 0 Å². The van der Waals surface area contributed by atoms with E-state index in [-0.39, 0.29) is 0 Å².